The molecule has 0 heterocycles. The molecule has 1 N–H and O–H groups in total. The number of rotatable bonds is 5. The van der Waals surface area contributed by atoms with Gasteiger partial charge < -0.3 is 9.66 Å². The Morgan fingerprint density at radius 3 is 2.29 bits per heavy atom. The van der Waals surface area contributed by atoms with Crippen LogP contribution in [0.15, 0.2) is 24.3 Å². The summed E-state index contributed by atoms with van der Waals surface area (Å²) in [6, 6.07) is 7.54. The number of hydrogen-bond donors (Lipinski definition) is 1. The van der Waals surface area contributed by atoms with Crippen molar-refractivity contribution in [2.45, 2.75) is 23.4 Å². The lowest BCUT2D eigenvalue weighted by Crippen LogP contribution is -2.30. The lowest BCUT2D eigenvalue weighted by Gasteiger charge is -2.17. The SMILES string of the molecule is C[S+]([O-])Cc1ccc(CC(C)(Br)C(=O)O)cc1. The molecule has 17 heavy (non-hydrogen) atoms. The van der Waals surface area contributed by atoms with Crippen LogP contribution in [0.2, 0.25) is 0 Å². The second-order valence-corrected chi connectivity index (χ2v) is 7.40. The summed E-state index contributed by atoms with van der Waals surface area (Å²) in [5.74, 6) is -0.346. The van der Waals surface area contributed by atoms with Crippen molar-refractivity contribution in [1.82, 2.24) is 0 Å². The minimum absolute atomic E-state index is 0.415. The number of aliphatic carboxylic acids is 1. The molecule has 2 atom stereocenters. The van der Waals surface area contributed by atoms with Crippen molar-refractivity contribution >= 4 is 33.1 Å². The van der Waals surface area contributed by atoms with E-state index < -0.39 is 21.5 Å². The van der Waals surface area contributed by atoms with Crippen LogP contribution < -0.4 is 0 Å². The zero-order valence-electron chi connectivity index (χ0n) is 9.77. The number of alkyl halides is 1. The first-order valence-corrected chi connectivity index (χ1v) is 7.63. The standard InChI is InChI=1S/C12H15BrO3S/c1-12(13,11(14)15)7-9-3-5-10(6-4-9)8-17(2)16/h3-6H,7-8H2,1-2H3,(H,14,15). The first-order valence-electron chi connectivity index (χ1n) is 5.11. The summed E-state index contributed by atoms with van der Waals surface area (Å²) >= 11 is 2.34. The lowest BCUT2D eigenvalue weighted by molar-refractivity contribution is -0.139. The maximum absolute atomic E-state index is 11.0. The Kier molecular flexibility index (Phi) is 5.04. The fourth-order valence-electron chi connectivity index (χ4n) is 1.45. The Bertz CT molecular complexity index is 387. The number of benzene rings is 1. The highest BCUT2D eigenvalue weighted by atomic mass is 79.9. The number of carboxylic acids is 1. The van der Waals surface area contributed by atoms with E-state index >= 15 is 0 Å². The fourth-order valence-corrected chi connectivity index (χ4v) is 2.43. The summed E-state index contributed by atoms with van der Waals surface area (Å²) in [6.07, 6.45) is 2.08. The molecule has 94 valence electrons. The Labute approximate surface area is 113 Å². The monoisotopic (exact) mass is 318 g/mol. The molecule has 0 bridgehead atoms. The zero-order chi connectivity index (χ0) is 13.1. The maximum atomic E-state index is 11.0. The molecular weight excluding hydrogens is 304 g/mol. The van der Waals surface area contributed by atoms with Gasteiger partial charge in [-0.25, -0.2) is 0 Å². The van der Waals surface area contributed by atoms with Crippen LogP contribution >= 0.6 is 15.9 Å². The minimum atomic E-state index is -0.942. The molecule has 0 aliphatic heterocycles. The van der Waals surface area contributed by atoms with Crippen LogP contribution in [0.4, 0.5) is 0 Å². The zero-order valence-corrected chi connectivity index (χ0v) is 12.2. The van der Waals surface area contributed by atoms with Gasteiger partial charge in [0.25, 0.3) is 0 Å². The van der Waals surface area contributed by atoms with E-state index in [-0.39, 0.29) is 0 Å². The van der Waals surface area contributed by atoms with Crippen molar-refractivity contribution in [2.24, 2.45) is 0 Å². The predicted octanol–water partition coefficient (Wildman–Crippen LogP) is 2.35. The highest BCUT2D eigenvalue weighted by Crippen LogP contribution is 2.23. The van der Waals surface area contributed by atoms with E-state index in [4.69, 9.17) is 5.11 Å². The second kappa shape index (κ2) is 5.89. The molecule has 0 saturated heterocycles. The van der Waals surface area contributed by atoms with Crippen molar-refractivity contribution < 1.29 is 14.5 Å². The van der Waals surface area contributed by atoms with Crippen molar-refractivity contribution in [3.63, 3.8) is 0 Å². The van der Waals surface area contributed by atoms with Gasteiger partial charge in [-0.1, -0.05) is 51.4 Å². The topological polar surface area (TPSA) is 60.4 Å². The van der Waals surface area contributed by atoms with E-state index in [1.165, 1.54) is 0 Å². The van der Waals surface area contributed by atoms with Gasteiger partial charge in [-0.05, 0) is 18.9 Å². The molecule has 0 aromatic heterocycles. The van der Waals surface area contributed by atoms with E-state index in [9.17, 15) is 9.35 Å². The van der Waals surface area contributed by atoms with E-state index in [1.807, 2.05) is 24.3 Å². The summed E-state index contributed by atoms with van der Waals surface area (Å²) in [4.78, 5) is 11.0. The van der Waals surface area contributed by atoms with Crippen LogP contribution in [0.5, 0.6) is 0 Å². The van der Waals surface area contributed by atoms with Crippen LogP contribution in [0.25, 0.3) is 0 Å². The van der Waals surface area contributed by atoms with E-state index in [2.05, 4.69) is 15.9 Å². The van der Waals surface area contributed by atoms with Crippen LogP contribution in [-0.2, 0) is 28.1 Å². The summed E-state index contributed by atoms with van der Waals surface area (Å²) in [6.45, 7) is 1.63. The average molecular weight is 319 g/mol. The van der Waals surface area contributed by atoms with Crippen LogP contribution in [-0.4, -0.2) is 26.2 Å². The molecule has 0 amide bonds. The second-order valence-electron chi connectivity index (χ2n) is 4.21. The average Bonchev–Trinajstić information content (AvgIpc) is 2.19. The molecule has 1 aromatic rings. The van der Waals surface area contributed by atoms with Gasteiger partial charge in [0.15, 0.2) is 0 Å². The third-order valence-corrected chi connectivity index (χ3v) is 3.73. The van der Waals surface area contributed by atoms with Gasteiger partial charge in [0.2, 0.25) is 0 Å². The van der Waals surface area contributed by atoms with Crippen LogP contribution in [0.1, 0.15) is 18.1 Å². The third kappa shape index (κ3) is 4.69. The Morgan fingerprint density at radius 2 is 1.88 bits per heavy atom. The molecule has 5 heteroatoms. The van der Waals surface area contributed by atoms with Crippen LogP contribution in [0, 0.1) is 0 Å². The van der Waals surface area contributed by atoms with Crippen molar-refractivity contribution in [3.05, 3.63) is 35.4 Å². The summed E-state index contributed by atoms with van der Waals surface area (Å²) in [5, 5.41) is 8.99. The molecule has 1 aromatic carbocycles. The Morgan fingerprint density at radius 1 is 1.41 bits per heavy atom. The largest absolute Gasteiger partial charge is 0.616 e. The summed E-state index contributed by atoms with van der Waals surface area (Å²) in [5.41, 5.74) is 1.94. The molecule has 0 saturated carbocycles. The predicted molar refractivity (Wildman–Crippen MR) is 72.9 cm³/mol. The first kappa shape index (κ1) is 14.5. The maximum Gasteiger partial charge on any atom is 0.320 e. The smallest absolute Gasteiger partial charge is 0.320 e. The first-order chi connectivity index (χ1) is 7.81. The quantitative estimate of drug-likeness (QED) is 0.669. The molecule has 0 aliphatic carbocycles. The van der Waals surface area contributed by atoms with Crippen molar-refractivity contribution in [1.29, 1.82) is 0 Å². The Hall–Kier alpha value is -0.520. The number of carboxylic acid groups (broad SMARTS) is 1. The molecular formula is C12H15BrO3S. The summed E-state index contributed by atoms with van der Waals surface area (Å²) < 4.78 is 10.1. The summed E-state index contributed by atoms with van der Waals surface area (Å²) in [7, 11) is 0. The normalized spacial score (nSPS) is 16.2. The highest BCUT2D eigenvalue weighted by Gasteiger charge is 2.29. The van der Waals surface area contributed by atoms with Crippen molar-refractivity contribution in [3.8, 4) is 0 Å². The van der Waals surface area contributed by atoms with Crippen molar-refractivity contribution in [2.75, 3.05) is 6.26 Å². The van der Waals surface area contributed by atoms with Gasteiger partial charge in [-0.2, -0.15) is 0 Å². The lowest BCUT2D eigenvalue weighted by atomic mass is 10.0. The van der Waals surface area contributed by atoms with Gasteiger partial charge in [0.05, 0.1) is 6.26 Å². The molecule has 3 nitrogen and oxygen atoms in total. The molecule has 1 rings (SSSR count). The van der Waals surface area contributed by atoms with E-state index in [1.54, 1.807) is 13.2 Å². The highest BCUT2D eigenvalue weighted by molar-refractivity contribution is 9.10. The van der Waals surface area contributed by atoms with Gasteiger partial charge in [0, 0.05) is 5.56 Å². The molecule has 0 aliphatic rings. The number of carbonyl (C=O) groups is 1. The van der Waals surface area contributed by atoms with E-state index in [0.717, 1.165) is 11.1 Å². The minimum Gasteiger partial charge on any atom is -0.616 e. The number of hydrogen-bond acceptors (Lipinski definition) is 2. The van der Waals surface area contributed by atoms with Gasteiger partial charge in [-0.3, -0.25) is 4.79 Å². The Balaban J connectivity index is 2.72. The fraction of sp³-hybridized carbons (Fsp3) is 0.417. The number of halogens is 1. The molecule has 0 radical (unpaired) electrons. The third-order valence-electron chi connectivity index (χ3n) is 2.37. The molecule has 0 fully saturated rings. The van der Waals surface area contributed by atoms with Crippen LogP contribution in [0.3, 0.4) is 0 Å². The molecule has 0 spiro atoms. The van der Waals surface area contributed by atoms with Gasteiger partial charge in [0.1, 0.15) is 10.1 Å². The molecule has 2 unspecified atom stereocenters. The van der Waals surface area contributed by atoms with E-state index in [0.29, 0.717) is 12.2 Å². The van der Waals surface area contributed by atoms with Gasteiger partial charge in [-0.15, -0.1) is 0 Å². The van der Waals surface area contributed by atoms with Gasteiger partial charge >= 0.3 is 5.97 Å².